The van der Waals surface area contributed by atoms with Crippen molar-refractivity contribution >= 4 is 27.1 Å². The number of benzene rings is 2. The minimum atomic E-state index is -1.68. The third kappa shape index (κ3) is 10.1. The summed E-state index contributed by atoms with van der Waals surface area (Å²) < 4.78 is 33.5. The van der Waals surface area contributed by atoms with Crippen molar-refractivity contribution < 1.29 is 42.4 Å². The van der Waals surface area contributed by atoms with Crippen LogP contribution >= 0.6 is 8.53 Å². The molecular weight excluding hydrogens is 565 g/mol. The van der Waals surface area contributed by atoms with Crippen LogP contribution < -0.4 is 24.4 Å². The van der Waals surface area contributed by atoms with E-state index >= 15 is 0 Å². The number of nitrogens with zero attached hydrogens (tertiary/aromatic N) is 1. The van der Waals surface area contributed by atoms with Crippen LogP contribution in [0.1, 0.15) is 25.8 Å². The first-order valence-electron chi connectivity index (χ1n) is 13.4. The third-order valence-corrected chi connectivity index (χ3v) is 7.46. The lowest BCUT2D eigenvalue weighted by Crippen LogP contribution is -2.44. The van der Waals surface area contributed by atoms with Gasteiger partial charge in [0.25, 0.3) is 0 Å². The fraction of sp³-hybridized carbons (Fsp3) is 0.414. The number of carbonyl (C=O) groups is 3. The van der Waals surface area contributed by atoms with Crippen LogP contribution in [0.25, 0.3) is 0 Å². The smallest absolute Gasteiger partial charge is 0.323 e. The zero-order valence-electron chi connectivity index (χ0n) is 24.1. The van der Waals surface area contributed by atoms with Crippen molar-refractivity contribution in [1.82, 2.24) is 15.3 Å². The third-order valence-electron chi connectivity index (χ3n) is 6.08. The molecule has 2 aromatic carbocycles. The van der Waals surface area contributed by atoms with Crippen LogP contribution in [0, 0.1) is 5.92 Å². The number of hydrogen-bond acceptors (Lipinski definition) is 10. The Balaban J connectivity index is 0.000000458. The number of aldehydes is 2. The van der Waals surface area contributed by atoms with Gasteiger partial charge in [-0.15, -0.1) is 0 Å². The molecule has 2 aromatic rings. The van der Waals surface area contributed by atoms with E-state index in [9.17, 15) is 14.4 Å². The van der Waals surface area contributed by atoms with E-state index in [0.717, 1.165) is 6.29 Å². The van der Waals surface area contributed by atoms with Crippen LogP contribution in [0.2, 0.25) is 0 Å². The highest BCUT2D eigenvalue weighted by molar-refractivity contribution is 7.45. The molecule has 2 aliphatic heterocycles. The highest BCUT2D eigenvalue weighted by Gasteiger charge is 2.38. The summed E-state index contributed by atoms with van der Waals surface area (Å²) in [6, 6.07) is 14.4. The highest BCUT2D eigenvalue weighted by atomic mass is 31.2. The van der Waals surface area contributed by atoms with Crippen LogP contribution in [0.5, 0.6) is 17.2 Å². The van der Waals surface area contributed by atoms with Crippen LogP contribution in [-0.2, 0) is 30.2 Å². The number of amides is 2. The van der Waals surface area contributed by atoms with Crippen molar-refractivity contribution in [3.8, 4) is 17.2 Å². The van der Waals surface area contributed by atoms with E-state index < -0.39 is 20.8 Å². The summed E-state index contributed by atoms with van der Waals surface area (Å²) in [6.45, 7) is 4.68. The number of nitrogens with one attached hydrogen (secondary N) is 2. The number of urea groups is 1. The lowest BCUT2D eigenvalue weighted by Gasteiger charge is -2.27. The maximum atomic E-state index is 12.2. The van der Waals surface area contributed by atoms with Gasteiger partial charge >= 0.3 is 14.6 Å². The first-order valence-corrected chi connectivity index (χ1v) is 14.6. The summed E-state index contributed by atoms with van der Waals surface area (Å²) in [5.41, 5.74) is 1.22. The molecule has 1 saturated heterocycles. The molecule has 5 atom stereocenters. The number of hydrogen-bond donors (Lipinski definition) is 2. The van der Waals surface area contributed by atoms with Crippen molar-refractivity contribution in [3.05, 3.63) is 66.4 Å². The van der Waals surface area contributed by atoms with Gasteiger partial charge in [-0.3, -0.25) is 9.69 Å². The predicted octanol–water partition coefficient (Wildman–Crippen LogP) is 4.15. The van der Waals surface area contributed by atoms with Crippen LogP contribution in [-0.4, -0.2) is 69.4 Å². The molecule has 42 heavy (non-hydrogen) atoms. The van der Waals surface area contributed by atoms with Crippen molar-refractivity contribution in [2.75, 3.05) is 27.6 Å². The summed E-state index contributed by atoms with van der Waals surface area (Å²) >= 11 is 0. The average Bonchev–Trinajstić information content (AvgIpc) is 3.62. The summed E-state index contributed by atoms with van der Waals surface area (Å²) in [5, 5.41) is 5.55. The van der Waals surface area contributed by atoms with E-state index in [1.54, 1.807) is 32.2 Å². The lowest BCUT2D eigenvalue weighted by atomic mass is 10.1. The largest absolute Gasteiger partial charge is 0.454 e. The van der Waals surface area contributed by atoms with E-state index in [4.69, 9.17) is 28.0 Å². The van der Waals surface area contributed by atoms with Crippen molar-refractivity contribution in [2.24, 2.45) is 5.92 Å². The van der Waals surface area contributed by atoms with Gasteiger partial charge in [0.15, 0.2) is 11.5 Å². The molecule has 0 radical (unpaired) electrons. The number of carbonyl (C=O) groups excluding carboxylic acids is 3. The SMILES string of the molecule is CNC(=O)N(/C=C\C=O)C1OC(COP(N[C@@H](C)C=O)Oc2ccc3c(c2)OCO3)CC1C.COCc1ccccc1. The fourth-order valence-corrected chi connectivity index (χ4v) is 5.28. The molecule has 0 spiro atoms. The van der Waals surface area contributed by atoms with Crippen LogP contribution in [0.15, 0.2) is 60.8 Å². The van der Waals surface area contributed by atoms with E-state index in [0.29, 0.717) is 36.6 Å². The summed E-state index contributed by atoms with van der Waals surface area (Å²) in [5.74, 6) is 1.69. The zero-order valence-corrected chi connectivity index (χ0v) is 25.0. The Labute approximate surface area is 247 Å². The van der Waals surface area contributed by atoms with Gasteiger partial charge in [-0.1, -0.05) is 37.3 Å². The van der Waals surface area contributed by atoms with Gasteiger partial charge in [0.1, 0.15) is 24.5 Å². The monoisotopic (exact) mass is 603 g/mol. The molecule has 4 rings (SSSR count). The highest BCUT2D eigenvalue weighted by Crippen LogP contribution is 2.42. The van der Waals surface area contributed by atoms with E-state index in [1.165, 1.54) is 29.8 Å². The Morgan fingerprint density at radius 2 is 1.93 bits per heavy atom. The molecule has 0 saturated carbocycles. The number of allylic oxidation sites excluding steroid dienone is 1. The number of ether oxygens (including phenoxy) is 4. The number of fused-ring (bicyclic) bond motifs is 1. The lowest BCUT2D eigenvalue weighted by molar-refractivity contribution is -0.109. The van der Waals surface area contributed by atoms with Crippen LogP contribution in [0.4, 0.5) is 4.79 Å². The molecule has 228 valence electrons. The van der Waals surface area contributed by atoms with Gasteiger partial charge in [-0.05, 0) is 37.1 Å². The van der Waals surface area contributed by atoms with Crippen molar-refractivity contribution in [3.63, 3.8) is 0 Å². The molecule has 1 fully saturated rings. The van der Waals surface area contributed by atoms with Crippen molar-refractivity contribution in [2.45, 2.75) is 45.2 Å². The average molecular weight is 604 g/mol. The normalized spacial score (nSPS) is 20.2. The zero-order chi connectivity index (χ0) is 30.3. The second kappa shape index (κ2) is 17.4. The van der Waals surface area contributed by atoms with E-state index in [1.807, 2.05) is 37.3 Å². The number of rotatable bonds is 13. The Morgan fingerprint density at radius 3 is 2.62 bits per heavy atom. The van der Waals surface area contributed by atoms with E-state index in [-0.39, 0.29) is 31.5 Å². The van der Waals surface area contributed by atoms with Gasteiger partial charge in [-0.25, -0.2) is 9.88 Å². The van der Waals surface area contributed by atoms with Gasteiger partial charge in [0, 0.05) is 32.3 Å². The standard InChI is InChI=1S/C21H28N3O8P.C8H10O/c1-14-9-17(31-20(14)24(7-4-8-25)21(27)22-3)12-30-33(23-15(2)11-26)32-16-5-6-18-19(10-16)29-13-28-18;1-9-7-8-5-3-2-4-6-8/h4-8,10-11,14-15,17,20,23H,9,12-13H2,1-3H3,(H,22,27);2-6H,7H2,1H3/b7-4-;/t14?,15-,17?,20?,33?;/m0./s1. The van der Waals surface area contributed by atoms with Crippen molar-refractivity contribution in [1.29, 1.82) is 0 Å². The van der Waals surface area contributed by atoms with E-state index in [2.05, 4.69) is 10.4 Å². The summed E-state index contributed by atoms with van der Waals surface area (Å²) in [6.07, 6.45) is 3.72. The summed E-state index contributed by atoms with van der Waals surface area (Å²) in [7, 11) is 1.52. The first kappa shape index (κ1) is 33.0. The Hall–Kier alpha value is -3.54. The fourth-order valence-electron chi connectivity index (χ4n) is 4.10. The Bertz CT molecular complexity index is 1170. The van der Waals surface area contributed by atoms with Gasteiger partial charge in [-0.2, -0.15) is 0 Å². The molecule has 13 heteroatoms. The summed E-state index contributed by atoms with van der Waals surface area (Å²) in [4.78, 5) is 35.4. The molecule has 0 aromatic heterocycles. The maximum Gasteiger partial charge on any atom is 0.323 e. The topological polar surface area (TPSA) is 134 Å². The molecule has 0 aliphatic carbocycles. The van der Waals surface area contributed by atoms with Crippen LogP contribution in [0.3, 0.4) is 0 Å². The molecule has 4 unspecified atom stereocenters. The molecule has 2 N–H and O–H groups in total. The first-order chi connectivity index (χ1) is 20.4. The molecule has 12 nitrogen and oxygen atoms in total. The molecular formula is C29H38N3O9P. The molecule has 2 amide bonds. The Kier molecular flexibility index (Phi) is 13.7. The minimum absolute atomic E-state index is 0.00457. The number of methoxy groups -OCH3 is 1. The molecule has 2 heterocycles. The second-order valence-corrected chi connectivity index (χ2v) is 10.6. The molecule has 2 aliphatic rings. The van der Waals surface area contributed by atoms with Gasteiger partial charge in [0.2, 0.25) is 6.79 Å². The van der Waals surface area contributed by atoms with Gasteiger partial charge in [0.05, 0.1) is 25.4 Å². The van der Waals surface area contributed by atoms with Gasteiger partial charge < -0.3 is 38.1 Å². The Morgan fingerprint density at radius 1 is 1.17 bits per heavy atom. The molecule has 0 bridgehead atoms. The minimum Gasteiger partial charge on any atom is -0.454 e. The quantitative estimate of drug-likeness (QED) is 0.195. The second-order valence-electron chi connectivity index (χ2n) is 9.43. The maximum absolute atomic E-state index is 12.2. The predicted molar refractivity (Wildman–Crippen MR) is 156 cm³/mol.